The number of hydrogen-bond acceptors (Lipinski definition) is 4. The Morgan fingerprint density at radius 1 is 0.970 bits per heavy atom. The highest BCUT2D eigenvalue weighted by molar-refractivity contribution is 5.85. The number of H-pyrrole nitrogens is 1. The molecular weight excluding hydrogens is 410 g/mol. The van der Waals surface area contributed by atoms with E-state index < -0.39 is 0 Å². The van der Waals surface area contributed by atoms with E-state index in [1.54, 1.807) is 0 Å². The Labute approximate surface area is 194 Å². The highest BCUT2D eigenvalue weighted by Gasteiger charge is 2.23. The van der Waals surface area contributed by atoms with Crippen LogP contribution < -0.4 is 4.89 Å². The fourth-order valence-corrected chi connectivity index (χ4v) is 5.22. The Bertz CT molecular complexity index is 1250. The minimum atomic E-state index is 0.550. The number of hydrogen-bond donors (Lipinski definition) is 1. The summed E-state index contributed by atoms with van der Waals surface area (Å²) in [5, 5.41) is 10.7. The van der Waals surface area contributed by atoms with Gasteiger partial charge >= 0.3 is 0 Å². The molecule has 0 radical (unpaired) electrons. The van der Waals surface area contributed by atoms with Crippen molar-refractivity contribution in [1.82, 2.24) is 15.1 Å². The van der Waals surface area contributed by atoms with Gasteiger partial charge in [-0.1, -0.05) is 42.5 Å². The first kappa shape index (κ1) is 20.5. The highest BCUT2D eigenvalue weighted by Crippen LogP contribution is 2.32. The Hall–Kier alpha value is -3.15. The van der Waals surface area contributed by atoms with E-state index in [9.17, 15) is 0 Å². The van der Waals surface area contributed by atoms with E-state index in [0.29, 0.717) is 12.5 Å². The quantitative estimate of drug-likeness (QED) is 0.416. The normalized spacial score (nSPS) is 17.1. The maximum absolute atomic E-state index is 5.26. The van der Waals surface area contributed by atoms with Crippen LogP contribution in [0.5, 0.6) is 5.75 Å². The van der Waals surface area contributed by atoms with Crippen molar-refractivity contribution in [3.8, 4) is 17.0 Å². The van der Waals surface area contributed by atoms with E-state index in [4.69, 9.17) is 9.78 Å². The second-order valence-electron chi connectivity index (χ2n) is 9.19. The first-order chi connectivity index (χ1) is 16.3. The van der Waals surface area contributed by atoms with Crippen molar-refractivity contribution in [1.29, 1.82) is 0 Å². The standard InChI is InChI=1S/C28H29N3O2/c1-2-7-25-20(4-1)5-3-6-21(25)10-14-31-15-11-22(12-16-31)26-19-27(30-29-26)23-8-9-28-24(18-23)13-17-32-33-28/h1-9,18-19,22H,10-17H2,(H,29,30). The third-order valence-corrected chi connectivity index (χ3v) is 7.16. The van der Waals surface area contributed by atoms with Crippen LogP contribution in [0.2, 0.25) is 0 Å². The van der Waals surface area contributed by atoms with Gasteiger partial charge in [-0.15, -0.1) is 0 Å². The number of aromatic nitrogens is 2. The molecule has 0 amide bonds. The van der Waals surface area contributed by atoms with Gasteiger partial charge < -0.3 is 9.79 Å². The smallest absolute Gasteiger partial charge is 0.168 e. The minimum absolute atomic E-state index is 0.550. The zero-order chi connectivity index (χ0) is 22.0. The number of likely N-dealkylation sites (tertiary alicyclic amines) is 1. The summed E-state index contributed by atoms with van der Waals surface area (Å²) in [7, 11) is 0. The van der Waals surface area contributed by atoms with Crippen LogP contribution >= 0.6 is 0 Å². The van der Waals surface area contributed by atoms with Crippen LogP contribution in [0.1, 0.15) is 35.6 Å². The van der Waals surface area contributed by atoms with Gasteiger partial charge in [0.05, 0.1) is 12.3 Å². The number of rotatable bonds is 5. The minimum Gasteiger partial charge on any atom is -0.337 e. The fraction of sp³-hybridized carbons (Fsp3) is 0.321. The van der Waals surface area contributed by atoms with Gasteiger partial charge in [-0.3, -0.25) is 5.10 Å². The number of fused-ring (bicyclic) bond motifs is 2. The van der Waals surface area contributed by atoms with Gasteiger partial charge in [-0.25, -0.2) is 0 Å². The maximum Gasteiger partial charge on any atom is 0.168 e. The van der Waals surface area contributed by atoms with Crippen molar-refractivity contribution in [2.75, 3.05) is 26.2 Å². The third kappa shape index (κ3) is 4.26. The van der Waals surface area contributed by atoms with E-state index in [2.05, 4.69) is 75.8 Å². The Morgan fingerprint density at radius 2 is 1.85 bits per heavy atom. The van der Waals surface area contributed by atoms with Gasteiger partial charge in [0.2, 0.25) is 0 Å². The van der Waals surface area contributed by atoms with Crippen molar-refractivity contribution >= 4 is 10.8 Å². The number of nitrogens with one attached hydrogen (secondary N) is 1. The molecule has 0 spiro atoms. The number of nitrogens with zero attached hydrogens (tertiary/aromatic N) is 2. The van der Waals surface area contributed by atoms with Crippen LogP contribution in [-0.2, 0) is 17.7 Å². The van der Waals surface area contributed by atoms with Crippen molar-refractivity contribution < 1.29 is 9.78 Å². The molecule has 3 heterocycles. The van der Waals surface area contributed by atoms with Crippen molar-refractivity contribution in [2.24, 2.45) is 0 Å². The molecule has 0 saturated carbocycles. The summed E-state index contributed by atoms with van der Waals surface area (Å²) in [5.74, 6) is 1.37. The SMILES string of the molecule is c1ccc2c(CCN3CCC(c4cc(-c5ccc6c(c5)CCOO6)n[nH]4)CC3)cccc2c1. The lowest BCUT2D eigenvalue weighted by molar-refractivity contribution is -0.215. The predicted octanol–water partition coefficient (Wildman–Crippen LogP) is 5.52. The van der Waals surface area contributed by atoms with Crippen LogP contribution in [0.15, 0.2) is 66.7 Å². The lowest BCUT2D eigenvalue weighted by Gasteiger charge is -2.31. The number of benzene rings is 3. The summed E-state index contributed by atoms with van der Waals surface area (Å²) < 4.78 is 0. The fourth-order valence-electron chi connectivity index (χ4n) is 5.22. The predicted molar refractivity (Wildman–Crippen MR) is 130 cm³/mol. The maximum atomic E-state index is 5.26. The Morgan fingerprint density at radius 3 is 2.79 bits per heavy atom. The van der Waals surface area contributed by atoms with E-state index in [1.807, 2.05) is 6.07 Å². The topological polar surface area (TPSA) is 50.4 Å². The zero-order valence-corrected chi connectivity index (χ0v) is 18.8. The molecule has 2 aliphatic rings. The lowest BCUT2D eigenvalue weighted by Crippen LogP contribution is -2.34. The summed E-state index contributed by atoms with van der Waals surface area (Å²) >= 11 is 0. The molecule has 3 aromatic carbocycles. The molecule has 0 aliphatic carbocycles. The summed E-state index contributed by atoms with van der Waals surface area (Å²) in [6.45, 7) is 4.00. The molecule has 6 rings (SSSR count). The lowest BCUT2D eigenvalue weighted by atomic mass is 9.92. The average Bonchev–Trinajstić information content (AvgIpc) is 3.38. The molecule has 4 aromatic rings. The van der Waals surface area contributed by atoms with E-state index in [1.165, 1.54) is 40.4 Å². The van der Waals surface area contributed by atoms with Crippen molar-refractivity contribution in [3.63, 3.8) is 0 Å². The van der Waals surface area contributed by atoms with Crippen LogP contribution in [0.4, 0.5) is 0 Å². The summed E-state index contributed by atoms with van der Waals surface area (Å²) in [5.41, 5.74) is 6.04. The largest absolute Gasteiger partial charge is 0.337 e. The highest BCUT2D eigenvalue weighted by atomic mass is 17.2. The average molecular weight is 440 g/mol. The molecule has 1 fully saturated rings. The Kier molecular flexibility index (Phi) is 5.58. The van der Waals surface area contributed by atoms with Gasteiger partial charge in [-0.05, 0) is 73.0 Å². The summed E-state index contributed by atoms with van der Waals surface area (Å²) in [6, 6.07) is 23.8. The van der Waals surface area contributed by atoms with Crippen molar-refractivity contribution in [2.45, 2.75) is 31.6 Å². The van der Waals surface area contributed by atoms with E-state index >= 15 is 0 Å². The van der Waals surface area contributed by atoms with Gasteiger partial charge in [0.15, 0.2) is 5.75 Å². The molecule has 0 bridgehead atoms. The molecule has 0 unspecified atom stereocenters. The number of piperidine rings is 1. The molecule has 33 heavy (non-hydrogen) atoms. The van der Waals surface area contributed by atoms with E-state index in [-0.39, 0.29) is 0 Å². The molecule has 5 heteroatoms. The van der Waals surface area contributed by atoms with Crippen LogP contribution in [-0.4, -0.2) is 41.3 Å². The second kappa shape index (κ2) is 9.00. The molecule has 1 N–H and O–H groups in total. The zero-order valence-electron chi connectivity index (χ0n) is 18.8. The Balaban J connectivity index is 1.07. The number of aromatic amines is 1. The summed E-state index contributed by atoms with van der Waals surface area (Å²) in [4.78, 5) is 12.9. The van der Waals surface area contributed by atoms with Crippen LogP contribution in [0, 0.1) is 0 Å². The van der Waals surface area contributed by atoms with Crippen molar-refractivity contribution in [3.05, 3.63) is 83.6 Å². The molecule has 168 valence electrons. The monoisotopic (exact) mass is 439 g/mol. The second-order valence-corrected chi connectivity index (χ2v) is 9.19. The van der Waals surface area contributed by atoms with Gasteiger partial charge in [0.1, 0.15) is 0 Å². The molecule has 5 nitrogen and oxygen atoms in total. The molecule has 1 aromatic heterocycles. The summed E-state index contributed by atoms with van der Waals surface area (Å²) in [6.07, 6.45) is 4.32. The van der Waals surface area contributed by atoms with Gasteiger partial charge in [-0.2, -0.15) is 9.99 Å². The van der Waals surface area contributed by atoms with Crippen LogP contribution in [0.25, 0.3) is 22.0 Å². The van der Waals surface area contributed by atoms with Crippen LogP contribution in [0.3, 0.4) is 0 Å². The van der Waals surface area contributed by atoms with Gasteiger partial charge in [0.25, 0.3) is 0 Å². The molecule has 0 atom stereocenters. The van der Waals surface area contributed by atoms with E-state index in [0.717, 1.165) is 49.5 Å². The van der Waals surface area contributed by atoms with Gasteiger partial charge in [0, 0.05) is 35.7 Å². The molecular formula is C28H29N3O2. The molecule has 1 saturated heterocycles. The first-order valence-corrected chi connectivity index (χ1v) is 12.0. The first-order valence-electron chi connectivity index (χ1n) is 12.0. The molecule has 2 aliphatic heterocycles. The third-order valence-electron chi connectivity index (χ3n) is 7.16.